The fourth-order valence-electron chi connectivity index (χ4n) is 5.46. The van der Waals surface area contributed by atoms with Gasteiger partial charge in [0.25, 0.3) is 0 Å². The summed E-state index contributed by atoms with van der Waals surface area (Å²) in [5.41, 5.74) is 0. The van der Waals surface area contributed by atoms with E-state index in [1.165, 1.54) is 24.3 Å². The number of carbonyl (C=O) groups excluding carboxylic acids is 8. The van der Waals surface area contributed by atoms with Crippen molar-refractivity contribution in [3.8, 4) is 11.5 Å². The molecule has 3 rings (SSSR count). The number of esters is 8. The van der Waals surface area contributed by atoms with E-state index in [1.807, 2.05) is 0 Å². The molecule has 0 radical (unpaired) electrons. The first-order valence-electron chi connectivity index (χ1n) is 16.4. The molecule has 2 aliphatic heterocycles. The summed E-state index contributed by atoms with van der Waals surface area (Å²) >= 11 is 0. The first-order valence-corrected chi connectivity index (χ1v) is 16.4. The zero-order chi connectivity index (χ0) is 40.3. The molecule has 54 heavy (non-hydrogen) atoms. The van der Waals surface area contributed by atoms with Crippen molar-refractivity contribution in [1.29, 1.82) is 0 Å². The van der Waals surface area contributed by atoms with Crippen molar-refractivity contribution in [2.24, 2.45) is 0 Å². The van der Waals surface area contributed by atoms with Crippen molar-refractivity contribution < 1.29 is 95.2 Å². The molecule has 0 N–H and O–H groups in total. The number of rotatable bonds is 14. The molecule has 0 amide bonds. The van der Waals surface area contributed by atoms with E-state index < -0.39 is 122 Å². The third-order valence-electron chi connectivity index (χ3n) is 7.21. The van der Waals surface area contributed by atoms with E-state index in [4.69, 9.17) is 56.8 Å². The monoisotopic (exact) mass is 770 g/mol. The van der Waals surface area contributed by atoms with Gasteiger partial charge in [-0.05, 0) is 12.1 Å². The van der Waals surface area contributed by atoms with E-state index in [0.717, 1.165) is 55.4 Å². The van der Waals surface area contributed by atoms with Gasteiger partial charge in [0.2, 0.25) is 24.8 Å². The molecule has 298 valence electrons. The van der Waals surface area contributed by atoms with Crippen LogP contribution in [0.2, 0.25) is 0 Å². The molecule has 1 aromatic carbocycles. The van der Waals surface area contributed by atoms with E-state index in [0.29, 0.717) is 0 Å². The number of ether oxygens (including phenoxy) is 12. The second-order valence-corrected chi connectivity index (χ2v) is 11.8. The summed E-state index contributed by atoms with van der Waals surface area (Å²) in [6.45, 7) is 7.67. The summed E-state index contributed by atoms with van der Waals surface area (Å²) < 4.78 is 66.7. The standard InChI is InChI=1S/C34H42O20/c1-15(35)43-13-25-27(45-17(3)37)29(47-19(5)39)31(49-21(7)41)33(53-25)51-23-10-9-11-24(12-23)52-34-32(50-22(8)42)30(48-20(6)40)28(46-18(4)38)26(54-34)14-44-16(2)36/h9-12,25-34H,13-14H2,1-8H3/t25-,26-,27-,28-,29+,30+,31-,32-,33-,34-/m1/s1. The SMILES string of the molecule is CC(=O)OC[C@H]1O[C@@H](Oc2cccc(O[C@@H]3O[C@H](COC(C)=O)[C@@H](OC(C)=O)[C@H](OC(C)=O)[C@H]3OC(C)=O)c2)[C@H](OC(C)=O)[C@@H](OC(C)=O)[C@@H]1OC(C)=O. The lowest BCUT2D eigenvalue weighted by atomic mass is 9.98. The largest absolute Gasteiger partial charge is 0.463 e. The van der Waals surface area contributed by atoms with Gasteiger partial charge in [0.15, 0.2) is 24.4 Å². The Kier molecular flexibility index (Phi) is 15.5. The van der Waals surface area contributed by atoms with Crippen LogP contribution in [0.1, 0.15) is 55.4 Å². The first kappa shape index (κ1) is 42.9. The molecule has 2 heterocycles. The van der Waals surface area contributed by atoms with Crippen LogP contribution in [-0.4, -0.2) is 122 Å². The van der Waals surface area contributed by atoms with Crippen molar-refractivity contribution in [2.75, 3.05) is 13.2 Å². The predicted octanol–water partition coefficient (Wildman–Crippen LogP) is 0.610. The number of hydrogen-bond donors (Lipinski definition) is 0. The van der Waals surface area contributed by atoms with Crippen molar-refractivity contribution >= 4 is 47.8 Å². The smallest absolute Gasteiger partial charge is 0.303 e. The number of benzene rings is 1. The highest BCUT2D eigenvalue weighted by Gasteiger charge is 2.55. The van der Waals surface area contributed by atoms with Gasteiger partial charge in [-0.1, -0.05) is 6.07 Å². The molecular formula is C34H42O20. The minimum Gasteiger partial charge on any atom is -0.463 e. The molecular weight excluding hydrogens is 728 g/mol. The van der Waals surface area contributed by atoms with Crippen LogP contribution in [-0.2, 0) is 85.7 Å². The minimum atomic E-state index is -1.59. The first-order chi connectivity index (χ1) is 25.3. The van der Waals surface area contributed by atoms with Gasteiger partial charge in [-0.15, -0.1) is 0 Å². The van der Waals surface area contributed by atoms with Gasteiger partial charge in [0.05, 0.1) is 0 Å². The summed E-state index contributed by atoms with van der Waals surface area (Å²) in [6, 6.07) is 5.59. The van der Waals surface area contributed by atoms with E-state index in [1.54, 1.807) is 0 Å². The molecule has 1 aromatic rings. The Labute approximate surface area is 308 Å². The van der Waals surface area contributed by atoms with Crippen molar-refractivity contribution in [1.82, 2.24) is 0 Å². The van der Waals surface area contributed by atoms with Gasteiger partial charge in [-0.3, -0.25) is 38.4 Å². The quantitative estimate of drug-likeness (QED) is 0.186. The fraction of sp³-hybridized carbons (Fsp3) is 0.588. The summed E-state index contributed by atoms with van der Waals surface area (Å²) in [5.74, 6) is -6.51. The third kappa shape index (κ3) is 12.9. The lowest BCUT2D eigenvalue weighted by molar-refractivity contribution is -0.289. The van der Waals surface area contributed by atoms with Gasteiger partial charge in [-0.25, -0.2) is 0 Å². The molecule has 10 atom stereocenters. The lowest BCUT2D eigenvalue weighted by Crippen LogP contribution is -2.63. The van der Waals surface area contributed by atoms with Crippen molar-refractivity contribution in [3.05, 3.63) is 24.3 Å². The molecule has 0 spiro atoms. The van der Waals surface area contributed by atoms with Gasteiger partial charge < -0.3 is 56.8 Å². The van der Waals surface area contributed by atoms with E-state index in [9.17, 15) is 38.4 Å². The topological polar surface area (TPSA) is 247 Å². The summed E-state index contributed by atoms with van der Waals surface area (Å²) in [4.78, 5) is 96.3. The zero-order valence-electron chi connectivity index (χ0n) is 30.7. The fourth-order valence-corrected chi connectivity index (χ4v) is 5.46. The highest BCUT2D eigenvalue weighted by Crippen LogP contribution is 2.34. The Hall–Kier alpha value is -5.50. The molecule has 0 bridgehead atoms. The second-order valence-electron chi connectivity index (χ2n) is 11.8. The maximum absolute atomic E-state index is 12.2. The van der Waals surface area contributed by atoms with Crippen LogP contribution in [0.25, 0.3) is 0 Å². The number of hydrogen-bond acceptors (Lipinski definition) is 20. The van der Waals surface area contributed by atoms with Crippen LogP contribution in [0.5, 0.6) is 11.5 Å². The highest BCUT2D eigenvalue weighted by molar-refractivity contribution is 5.70. The van der Waals surface area contributed by atoms with Crippen LogP contribution in [0, 0.1) is 0 Å². The maximum atomic E-state index is 12.2. The highest BCUT2D eigenvalue weighted by atomic mass is 16.8. The molecule has 0 saturated carbocycles. The maximum Gasteiger partial charge on any atom is 0.303 e. The van der Waals surface area contributed by atoms with Crippen LogP contribution >= 0.6 is 0 Å². The van der Waals surface area contributed by atoms with Crippen LogP contribution in [0.3, 0.4) is 0 Å². The average molecular weight is 771 g/mol. The average Bonchev–Trinajstić information content (AvgIpc) is 3.03. The van der Waals surface area contributed by atoms with Crippen LogP contribution in [0.15, 0.2) is 24.3 Å². The molecule has 2 fully saturated rings. The van der Waals surface area contributed by atoms with Crippen molar-refractivity contribution in [2.45, 2.75) is 117 Å². The Morgan fingerprint density at radius 1 is 0.444 bits per heavy atom. The normalized spacial score (nSPS) is 27.5. The molecule has 0 unspecified atom stereocenters. The summed E-state index contributed by atoms with van der Waals surface area (Å²) in [5, 5.41) is 0. The Balaban J connectivity index is 2.02. The zero-order valence-corrected chi connectivity index (χ0v) is 30.7. The molecule has 2 saturated heterocycles. The Morgan fingerprint density at radius 2 is 0.741 bits per heavy atom. The van der Waals surface area contributed by atoms with E-state index in [2.05, 4.69) is 0 Å². The molecule has 2 aliphatic rings. The van der Waals surface area contributed by atoms with E-state index in [-0.39, 0.29) is 11.5 Å². The van der Waals surface area contributed by atoms with Crippen molar-refractivity contribution in [3.63, 3.8) is 0 Å². The second kappa shape index (κ2) is 19.5. The Morgan fingerprint density at radius 3 is 1.04 bits per heavy atom. The number of carbonyl (C=O) groups is 8. The molecule has 0 aliphatic carbocycles. The molecule has 20 heteroatoms. The summed E-state index contributed by atoms with van der Waals surface area (Å²) in [7, 11) is 0. The van der Waals surface area contributed by atoms with E-state index >= 15 is 0 Å². The van der Waals surface area contributed by atoms with Gasteiger partial charge >= 0.3 is 47.8 Å². The predicted molar refractivity (Wildman–Crippen MR) is 172 cm³/mol. The lowest BCUT2D eigenvalue weighted by Gasteiger charge is -2.44. The van der Waals surface area contributed by atoms with Gasteiger partial charge in [-0.2, -0.15) is 0 Å². The third-order valence-corrected chi connectivity index (χ3v) is 7.21. The summed E-state index contributed by atoms with van der Waals surface area (Å²) in [6.07, 6.45) is -14.7. The Bertz CT molecular complexity index is 1450. The van der Waals surface area contributed by atoms with Crippen LogP contribution < -0.4 is 9.47 Å². The van der Waals surface area contributed by atoms with Gasteiger partial charge in [0, 0.05) is 61.5 Å². The minimum absolute atomic E-state index is 0.0287. The molecule has 0 aromatic heterocycles. The van der Waals surface area contributed by atoms with Crippen LogP contribution in [0.4, 0.5) is 0 Å². The van der Waals surface area contributed by atoms with Gasteiger partial charge in [0.1, 0.15) is 36.9 Å². The molecule has 20 nitrogen and oxygen atoms in total.